The lowest BCUT2D eigenvalue weighted by atomic mass is 10.1. The normalized spacial score (nSPS) is 23.5. The van der Waals surface area contributed by atoms with Crippen LogP contribution in [-0.2, 0) is 14.3 Å². The molecule has 1 aliphatic heterocycles. The van der Waals surface area contributed by atoms with Gasteiger partial charge < -0.3 is 20.5 Å². The van der Waals surface area contributed by atoms with Crippen LogP contribution in [0.1, 0.15) is 19.8 Å². The van der Waals surface area contributed by atoms with Crippen LogP contribution in [0.5, 0.6) is 0 Å². The minimum Gasteiger partial charge on any atom is -0.376 e. The molecule has 3 N–H and O–H groups in total. The van der Waals surface area contributed by atoms with Gasteiger partial charge in [0.2, 0.25) is 5.91 Å². The van der Waals surface area contributed by atoms with E-state index in [0.29, 0.717) is 32.8 Å². The minimum absolute atomic E-state index is 0.0134. The van der Waals surface area contributed by atoms with Gasteiger partial charge in [-0.1, -0.05) is 6.92 Å². The average Bonchev–Trinajstić information content (AvgIpc) is 2.27. The number of carbonyl (C=O) groups excluding carboxylic acids is 1. The summed E-state index contributed by atoms with van der Waals surface area (Å²) >= 11 is 0. The molecule has 1 fully saturated rings. The second-order valence-electron chi connectivity index (χ2n) is 3.74. The maximum atomic E-state index is 11.4. The van der Waals surface area contributed by atoms with Gasteiger partial charge in [0.25, 0.3) is 0 Å². The standard InChI is InChI=1S/C10H20N2O3/c1-2-8(11)5-10(13)12-6-9-7-14-3-4-15-9/h8-9H,2-7,11H2,1H3,(H,12,13). The van der Waals surface area contributed by atoms with E-state index in [1.165, 1.54) is 0 Å². The van der Waals surface area contributed by atoms with E-state index in [0.717, 1.165) is 6.42 Å². The molecular formula is C10H20N2O3. The van der Waals surface area contributed by atoms with Crippen molar-refractivity contribution in [2.75, 3.05) is 26.4 Å². The van der Waals surface area contributed by atoms with Crippen molar-refractivity contribution in [2.24, 2.45) is 5.73 Å². The summed E-state index contributed by atoms with van der Waals surface area (Å²) in [4.78, 5) is 11.4. The summed E-state index contributed by atoms with van der Waals surface area (Å²) in [6.07, 6.45) is 1.18. The quantitative estimate of drug-likeness (QED) is 0.658. The molecule has 0 aromatic rings. The molecule has 5 heteroatoms. The monoisotopic (exact) mass is 216 g/mol. The lowest BCUT2D eigenvalue weighted by Gasteiger charge is -2.23. The summed E-state index contributed by atoms with van der Waals surface area (Å²) in [6.45, 7) is 4.28. The van der Waals surface area contributed by atoms with Gasteiger partial charge in [0, 0.05) is 19.0 Å². The molecule has 0 spiro atoms. The Morgan fingerprint density at radius 1 is 1.60 bits per heavy atom. The van der Waals surface area contributed by atoms with Crippen LogP contribution in [0.4, 0.5) is 0 Å². The molecule has 1 heterocycles. The third-order valence-corrected chi connectivity index (χ3v) is 2.38. The van der Waals surface area contributed by atoms with Crippen molar-refractivity contribution in [1.82, 2.24) is 5.32 Å². The van der Waals surface area contributed by atoms with Crippen LogP contribution < -0.4 is 11.1 Å². The van der Waals surface area contributed by atoms with Crippen molar-refractivity contribution in [2.45, 2.75) is 31.9 Å². The van der Waals surface area contributed by atoms with Crippen LogP contribution in [0.3, 0.4) is 0 Å². The first-order valence-electron chi connectivity index (χ1n) is 5.44. The number of amides is 1. The zero-order valence-electron chi connectivity index (χ0n) is 9.20. The predicted octanol–water partition coefficient (Wildman–Crippen LogP) is -0.355. The molecule has 15 heavy (non-hydrogen) atoms. The van der Waals surface area contributed by atoms with Crippen molar-refractivity contribution in [3.05, 3.63) is 0 Å². The topological polar surface area (TPSA) is 73.6 Å². The van der Waals surface area contributed by atoms with Crippen LogP contribution in [0.25, 0.3) is 0 Å². The number of hydrogen-bond acceptors (Lipinski definition) is 4. The number of nitrogens with one attached hydrogen (secondary N) is 1. The second kappa shape index (κ2) is 6.76. The van der Waals surface area contributed by atoms with Crippen LogP contribution in [-0.4, -0.2) is 44.4 Å². The molecule has 0 radical (unpaired) electrons. The van der Waals surface area contributed by atoms with Crippen LogP contribution in [0.2, 0.25) is 0 Å². The van der Waals surface area contributed by atoms with Crippen molar-refractivity contribution >= 4 is 5.91 Å². The van der Waals surface area contributed by atoms with Gasteiger partial charge in [0.1, 0.15) is 0 Å². The molecule has 1 rings (SSSR count). The molecule has 1 aliphatic rings. The van der Waals surface area contributed by atoms with Gasteiger partial charge in [-0.05, 0) is 6.42 Å². The Hall–Kier alpha value is -0.650. The molecule has 0 aliphatic carbocycles. The fraction of sp³-hybridized carbons (Fsp3) is 0.900. The Morgan fingerprint density at radius 3 is 3.00 bits per heavy atom. The number of ether oxygens (including phenoxy) is 2. The van der Waals surface area contributed by atoms with Gasteiger partial charge in [-0.3, -0.25) is 4.79 Å². The highest BCUT2D eigenvalue weighted by atomic mass is 16.6. The first kappa shape index (κ1) is 12.4. The fourth-order valence-corrected chi connectivity index (χ4v) is 1.34. The van der Waals surface area contributed by atoms with Gasteiger partial charge in [-0.15, -0.1) is 0 Å². The molecule has 0 saturated carbocycles. The van der Waals surface area contributed by atoms with Crippen LogP contribution in [0.15, 0.2) is 0 Å². The molecule has 0 aromatic heterocycles. The molecule has 0 bridgehead atoms. The Kier molecular flexibility index (Phi) is 5.60. The third-order valence-electron chi connectivity index (χ3n) is 2.38. The van der Waals surface area contributed by atoms with E-state index in [9.17, 15) is 4.79 Å². The second-order valence-corrected chi connectivity index (χ2v) is 3.74. The summed E-state index contributed by atoms with van der Waals surface area (Å²) in [7, 11) is 0. The summed E-state index contributed by atoms with van der Waals surface area (Å²) < 4.78 is 10.6. The van der Waals surface area contributed by atoms with Crippen molar-refractivity contribution in [3.63, 3.8) is 0 Å². The molecule has 0 aromatic carbocycles. The highest BCUT2D eigenvalue weighted by Gasteiger charge is 2.15. The summed E-state index contributed by atoms with van der Waals surface area (Å²) in [5, 5.41) is 2.79. The van der Waals surface area contributed by atoms with E-state index in [1.807, 2.05) is 6.92 Å². The lowest BCUT2D eigenvalue weighted by Crippen LogP contribution is -2.41. The van der Waals surface area contributed by atoms with E-state index in [4.69, 9.17) is 15.2 Å². The van der Waals surface area contributed by atoms with Crippen LogP contribution >= 0.6 is 0 Å². The molecule has 2 atom stereocenters. The summed E-state index contributed by atoms with van der Waals surface area (Å²) in [6, 6.07) is -0.0477. The lowest BCUT2D eigenvalue weighted by molar-refractivity contribution is -0.124. The van der Waals surface area contributed by atoms with Crippen molar-refractivity contribution in [1.29, 1.82) is 0 Å². The molecular weight excluding hydrogens is 196 g/mol. The molecule has 2 unspecified atom stereocenters. The average molecular weight is 216 g/mol. The maximum Gasteiger partial charge on any atom is 0.221 e. The van der Waals surface area contributed by atoms with Gasteiger partial charge in [0.15, 0.2) is 0 Å². The Morgan fingerprint density at radius 2 is 2.40 bits per heavy atom. The number of nitrogens with two attached hydrogens (primary N) is 1. The highest BCUT2D eigenvalue weighted by Crippen LogP contribution is 1.99. The van der Waals surface area contributed by atoms with Gasteiger partial charge in [-0.25, -0.2) is 0 Å². The van der Waals surface area contributed by atoms with Gasteiger partial charge >= 0.3 is 0 Å². The van der Waals surface area contributed by atoms with Gasteiger partial charge in [0.05, 0.1) is 25.9 Å². The van der Waals surface area contributed by atoms with E-state index < -0.39 is 0 Å². The zero-order valence-corrected chi connectivity index (χ0v) is 9.20. The van der Waals surface area contributed by atoms with E-state index in [-0.39, 0.29) is 18.1 Å². The zero-order chi connectivity index (χ0) is 11.1. The Balaban J connectivity index is 2.10. The largest absolute Gasteiger partial charge is 0.376 e. The van der Waals surface area contributed by atoms with E-state index >= 15 is 0 Å². The molecule has 1 amide bonds. The summed E-state index contributed by atoms with van der Waals surface area (Å²) in [5.41, 5.74) is 5.67. The van der Waals surface area contributed by atoms with Crippen molar-refractivity contribution < 1.29 is 14.3 Å². The Bertz CT molecular complexity index is 193. The maximum absolute atomic E-state index is 11.4. The smallest absolute Gasteiger partial charge is 0.221 e. The molecule has 1 saturated heterocycles. The Labute approximate surface area is 90.3 Å². The van der Waals surface area contributed by atoms with Crippen LogP contribution in [0, 0.1) is 0 Å². The number of rotatable bonds is 5. The number of carbonyl (C=O) groups is 1. The number of hydrogen-bond donors (Lipinski definition) is 2. The third kappa shape index (κ3) is 5.11. The molecule has 88 valence electrons. The fourth-order valence-electron chi connectivity index (χ4n) is 1.34. The highest BCUT2D eigenvalue weighted by molar-refractivity contribution is 5.76. The van der Waals surface area contributed by atoms with Gasteiger partial charge in [-0.2, -0.15) is 0 Å². The van der Waals surface area contributed by atoms with E-state index in [2.05, 4.69) is 5.32 Å². The first-order chi connectivity index (χ1) is 7.22. The molecule has 5 nitrogen and oxygen atoms in total. The SMILES string of the molecule is CCC(N)CC(=O)NCC1COCCO1. The summed E-state index contributed by atoms with van der Waals surface area (Å²) in [5.74, 6) is -0.0153. The van der Waals surface area contributed by atoms with Crippen molar-refractivity contribution in [3.8, 4) is 0 Å². The first-order valence-corrected chi connectivity index (χ1v) is 5.44. The predicted molar refractivity (Wildman–Crippen MR) is 56.5 cm³/mol. The van der Waals surface area contributed by atoms with E-state index in [1.54, 1.807) is 0 Å². The minimum atomic E-state index is -0.0477.